The molecule has 128 valence electrons. The number of aryl methyl sites for hydroxylation is 2. The van der Waals surface area contributed by atoms with Crippen LogP contribution in [0.15, 0.2) is 18.2 Å². The van der Waals surface area contributed by atoms with E-state index in [2.05, 4.69) is 15.7 Å². The molecule has 0 bridgehead atoms. The van der Waals surface area contributed by atoms with E-state index in [9.17, 15) is 9.18 Å². The van der Waals surface area contributed by atoms with Crippen molar-refractivity contribution in [1.29, 1.82) is 0 Å². The number of hydrogen-bond acceptors (Lipinski definition) is 4. The van der Waals surface area contributed by atoms with E-state index in [-0.39, 0.29) is 12.3 Å². The fraction of sp³-hybridized carbons (Fsp3) is 0.412. The average molecular weight is 332 g/mol. The van der Waals surface area contributed by atoms with Crippen molar-refractivity contribution in [1.82, 2.24) is 9.78 Å². The largest absolute Gasteiger partial charge is 0.480 e. The van der Waals surface area contributed by atoms with Crippen molar-refractivity contribution in [3.63, 3.8) is 0 Å². The van der Waals surface area contributed by atoms with Crippen LogP contribution in [0.25, 0.3) is 0 Å². The molecule has 2 aromatic rings. The number of aromatic nitrogens is 2. The monoisotopic (exact) mass is 332 g/mol. The maximum Gasteiger partial charge on any atom is 0.262 e. The lowest BCUT2D eigenvalue weighted by molar-refractivity contribution is -0.118. The van der Waals surface area contributed by atoms with Crippen LogP contribution in [0.2, 0.25) is 0 Å². The van der Waals surface area contributed by atoms with Gasteiger partial charge in [-0.05, 0) is 38.8 Å². The van der Waals surface area contributed by atoms with Crippen LogP contribution in [0.5, 0.6) is 5.75 Å². The number of carbonyl (C=O) groups is 1. The third kappa shape index (κ3) is 3.50. The molecule has 2 N–H and O–H groups in total. The zero-order chi connectivity index (χ0) is 17.3. The van der Waals surface area contributed by atoms with Crippen molar-refractivity contribution >= 4 is 17.3 Å². The van der Waals surface area contributed by atoms with Crippen molar-refractivity contribution < 1.29 is 13.9 Å². The van der Waals surface area contributed by atoms with E-state index < -0.39 is 11.7 Å². The maximum absolute atomic E-state index is 14.1. The predicted molar refractivity (Wildman–Crippen MR) is 89.9 cm³/mol. The number of amides is 1. The fourth-order valence-electron chi connectivity index (χ4n) is 2.50. The lowest BCUT2D eigenvalue weighted by Gasteiger charge is -2.14. The van der Waals surface area contributed by atoms with E-state index in [0.717, 1.165) is 18.5 Å². The highest BCUT2D eigenvalue weighted by Gasteiger charge is 2.23. The van der Waals surface area contributed by atoms with Gasteiger partial charge in [0.25, 0.3) is 5.91 Å². The number of carbonyl (C=O) groups excluding carboxylic acids is 1. The van der Waals surface area contributed by atoms with Crippen LogP contribution in [-0.4, -0.2) is 28.3 Å². The van der Waals surface area contributed by atoms with Crippen molar-refractivity contribution in [2.75, 3.05) is 17.2 Å². The Morgan fingerprint density at radius 1 is 1.42 bits per heavy atom. The third-order valence-corrected chi connectivity index (χ3v) is 4.01. The normalized spacial score (nSPS) is 13.7. The van der Waals surface area contributed by atoms with Crippen LogP contribution < -0.4 is 15.4 Å². The van der Waals surface area contributed by atoms with Gasteiger partial charge in [-0.25, -0.2) is 4.39 Å². The van der Waals surface area contributed by atoms with Crippen LogP contribution in [0.3, 0.4) is 0 Å². The number of ether oxygens (including phenoxy) is 1. The Kier molecular flexibility index (Phi) is 4.42. The number of benzene rings is 1. The molecule has 3 rings (SSSR count). The van der Waals surface area contributed by atoms with Crippen LogP contribution in [0.1, 0.15) is 24.2 Å². The van der Waals surface area contributed by atoms with Crippen LogP contribution in [0.4, 0.5) is 15.8 Å². The Hall–Kier alpha value is -2.57. The van der Waals surface area contributed by atoms with Gasteiger partial charge in [0.15, 0.2) is 12.4 Å². The molecule has 1 aliphatic rings. The topological polar surface area (TPSA) is 68.2 Å². The molecule has 1 fully saturated rings. The summed E-state index contributed by atoms with van der Waals surface area (Å²) < 4.78 is 21.3. The summed E-state index contributed by atoms with van der Waals surface area (Å²) in [6, 6.07) is 5.06. The lowest BCUT2D eigenvalue weighted by atomic mass is 10.2. The van der Waals surface area contributed by atoms with E-state index in [1.165, 1.54) is 6.07 Å². The highest BCUT2D eigenvalue weighted by Crippen LogP contribution is 2.31. The first-order valence-corrected chi connectivity index (χ1v) is 7.93. The van der Waals surface area contributed by atoms with Gasteiger partial charge in [-0.3, -0.25) is 9.48 Å². The van der Waals surface area contributed by atoms with Gasteiger partial charge in [0.1, 0.15) is 17.2 Å². The number of rotatable bonds is 6. The fourth-order valence-corrected chi connectivity index (χ4v) is 2.50. The highest BCUT2D eigenvalue weighted by molar-refractivity contribution is 5.95. The Balaban J connectivity index is 1.66. The molecular formula is C17H21FN4O2. The minimum atomic E-state index is -0.470. The molecule has 7 heteroatoms. The van der Waals surface area contributed by atoms with Crippen LogP contribution in [0, 0.1) is 19.7 Å². The van der Waals surface area contributed by atoms with Gasteiger partial charge in [0.05, 0.1) is 11.4 Å². The van der Waals surface area contributed by atoms with Gasteiger partial charge in [0, 0.05) is 13.1 Å². The number of halogens is 1. The Bertz CT molecular complexity index is 768. The molecule has 1 saturated carbocycles. The van der Waals surface area contributed by atoms with Gasteiger partial charge in [-0.2, -0.15) is 5.10 Å². The second-order valence-electron chi connectivity index (χ2n) is 6.04. The summed E-state index contributed by atoms with van der Waals surface area (Å²) >= 11 is 0. The Labute approximate surface area is 140 Å². The zero-order valence-electron chi connectivity index (χ0n) is 14.0. The smallest absolute Gasteiger partial charge is 0.262 e. The van der Waals surface area contributed by atoms with Crippen molar-refractivity contribution in [2.45, 2.75) is 32.7 Å². The first-order valence-electron chi connectivity index (χ1n) is 7.93. The van der Waals surface area contributed by atoms with Gasteiger partial charge >= 0.3 is 0 Å². The Morgan fingerprint density at radius 3 is 2.79 bits per heavy atom. The minimum Gasteiger partial charge on any atom is -0.480 e. The average Bonchev–Trinajstić information content (AvgIpc) is 3.30. The second-order valence-corrected chi connectivity index (χ2v) is 6.04. The van der Waals surface area contributed by atoms with Crippen molar-refractivity contribution in [3.05, 3.63) is 35.4 Å². The van der Waals surface area contributed by atoms with Gasteiger partial charge < -0.3 is 15.4 Å². The zero-order valence-corrected chi connectivity index (χ0v) is 14.0. The summed E-state index contributed by atoms with van der Waals surface area (Å²) in [5, 5.41) is 10.0. The summed E-state index contributed by atoms with van der Waals surface area (Å²) in [5.74, 6) is -0.304. The molecule has 0 saturated heterocycles. The molecule has 24 heavy (non-hydrogen) atoms. The minimum absolute atomic E-state index is 0.164. The SMILES string of the molecule is Cc1nn(C)c(C)c1OCC(=O)Nc1c(F)cccc1NC1CC1. The molecule has 1 heterocycles. The molecule has 6 nitrogen and oxygen atoms in total. The molecule has 0 radical (unpaired) electrons. The molecule has 1 aliphatic carbocycles. The lowest BCUT2D eigenvalue weighted by Crippen LogP contribution is -2.22. The summed E-state index contributed by atoms with van der Waals surface area (Å²) in [5.41, 5.74) is 2.31. The van der Waals surface area contributed by atoms with E-state index >= 15 is 0 Å². The van der Waals surface area contributed by atoms with Crippen LogP contribution in [-0.2, 0) is 11.8 Å². The standard InChI is InChI=1S/C17H21FN4O2/c1-10-17(11(2)22(3)21-10)24-9-15(23)20-16-13(18)5-4-6-14(16)19-12-7-8-12/h4-6,12,19H,7-9H2,1-3H3,(H,20,23). The highest BCUT2D eigenvalue weighted by atomic mass is 19.1. The van der Waals surface area contributed by atoms with Crippen molar-refractivity contribution in [3.8, 4) is 5.75 Å². The van der Waals surface area contributed by atoms with Gasteiger partial charge in [-0.15, -0.1) is 0 Å². The predicted octanol–water partition coefficient (Wildman–Crippen LogP) is 2.77. The number of para-hydroxylation sites is 1. The third-order valence-electron chi connectivity index (χ3n) is 4.01. The van der Waals surface area contributed by atoms with Gasteiger partial charge in [0.2, 0.25) is 0 Å². The summed E-state index contributed by atoms with van der Waals surface area (Å²) in [6.07, 6.45) is 2.12. The first-order chi connectivity index (χ1) is 11.5. The molecule has 0 aliphatic heterocycles. The molecule has 0 spiro atoms. The molecule has 0 atom stereocenters. The number of nitrogens with one attached hydrogen (secondary N) is 2. The summed E-state index contributed by atoms with van der Waals surface area (Å²) in [7, 11) is 1.81. The van der Waals surface area contributed by atoms with Gasteiger partial charge in [-0.1, -0.05) is 6.07 Å². The maximum atomic E-state index is 14.1. The van der Waals surface area contributed by atoms with E-state index in [4.69, 9.17) is 4.74 Å². The van der Waals surface area contributed by atoms with Crippen molar-refractivity contribution in [2.24, 2.45) is 7.05 Å². The quantitative estimate of drug-likeness (QED) is 0.853. The summed E-state index contributed by atoms with van der Waals surface area (Å²) in [4.78, 5) is 12.2. The second kappa shape index (κ2) is 6.51. The molecule has 1 aromatic heterocycles. The number of nitrogens with zero attached hydrogens (tertiary/aromatic N) is 2. The molecule has 1 aromatic carbocycles. The Morgan fingerprint density at radius 2 is 2.17 bits per heavy atom. The number of anilines is 2. The first kappa shape index (κ1) is 16.3. The number of hydrogen-bond donors (Lipinski definition) is 2. The summed E-state index contributed by atoms with van der Waals surface area (Å²) in [6.45, 7) is 3.47. The van der Waals surface area contributed by atoms with Crippen LogP contribution >= 0.6 is 0 Å². The molecular weight excluding hydrogens is 311 g/mol. The molecule has 0 unspecified atom stereocenters. The molecule has 1 amide bonds. The van der Waals surface area contributed by atoms with E-state index in [0.29, 0.717) is 23.2 Å². The van der Waals surface area contributed by atoms with E-state index in [1.54, 1.807) is 16.8 Å². The van der Waals surface area contributed by atoms with E-state index in [1.807, 2.05) is 20.9 Å².